The zero-order valence-corrected chi connectivity index (χ0v) is 11.3. The Labute approximate surface area is 112 Å². The maximum Gasteiger partial charge on any atom is 0.142 e. The summed E-state index contributed by atoms with van der Waals surface area (Å²) in [5.74, 6) is 0.302. The van der Waals surface area contributed by atoms with Gasteiger partial charge in [-0.05, 0) is 49.9 Å². The average molecular weight is 272 g/mol. The number of hydrogen-bond acceptors (Lipinski definition) is 2. The molecule has 1 fully saturated rings. The Morgan fingerprint density at radius 1 is 1.44 bits per heavy atom. The van der Waals surface area contributed by atoms with E-state index in [9.17, 15) is 4.39 Å². The lowest BCUT2D eigenvalue weighted by atomic mass is 9.89. The minimum atomic E-state index is -0.346. The van der Waals surface area contributed by atoms with E-state index in [-0.39, 0.29) is 16.9 Å². The molecule has 0 aromatic heterocycles. The van der Waals surface area contributed by atoms with Crippen LogP contribution in [-0.4, -0.2) is 20.3 Å². The lowest BCUT2D eigenvalue weighted by Gasteiger charge is -2.26. The first-order chi connectivity index (χ1) is 8.70. The van der Waals surface area contributed by atoms with Crippen molar-refractivity contribution in [3.8, 4) is 0 Å². The van der Waals surface area contributed by atoms with E-state index in [1.165, 1.54) is 6.07 Å². The van der Waals surface area contributed by atoms with Crippen LogP contribution in [0.5, 0.6) is 0 Å². The molecule has 0 bridgehead atoms. The molecular weight excluding hydrogens is 253 g/mol. The molecule has 1 aromatic rings. The zero-order valence-electron chi connectivity index (χ0n) is 10.6. The maximum absolute atomic E-state index is 13.5. The summed E-state index contributed by atoms with van der Waals surface area (Å²) >= 11 is 5.71. The summed E-state index contributed by atoms with van der Waals surface area (Å²) in [6.07, 6.45) is 3.20. The zero-order chi connectivity index (χ0) is 13.0. The van der Waals surface area contributed by atoms with E-state index in [4.69, 9.17) is 16.3 Å². The Kier molecular flexibility index (Phi) is 4.98. The van der Waals surface area contributed by atoms with Gasteiger partial charge in [0.25, 0.3) is 0 Å². The lowest BCUT2D eigenvalue weighted by molar-refractivity contribution is 0.0608. The minimum Gasteiger partial charge on any atom is -0.381 e. The number of nitrogens with one attached hydrogen (secondary N) is 1. The van der Waals surface area contributed by atoms with Gasteiger partial charge in [0.15, 0.2) is 0 Å². The molecule has 1 atom stereocenters. The summed E-state index contributed by atoms with van der Waals surface area (Å²) < 4.78 is 18.8. The minimum absolute atomic E-state index is 0.180. The summed E-state index contributed by atoms with van der Waals surface area (Å²) in [6, 6.07) is 5.23. The number of hydrogen-bond donors (Lipinski definition) is 1. The Hall–Kier alpha value is -0.640. The van der Waals surface area contributed by atoms with E-state index in [0.29, 0.717) is 5.92 Å². The van der Waals surface area contributed by atoms with Gasteiger partial charge in [0, 0.05) is 19.3 Å². The number of benzene rings is 1. The highest BCUT2D eigenvalue weighted by Gasteiger charge is 2.20. The third kappa shape index (κ3) is 3.44. The first-order valence-corrected chi connectivity index (χ1v) is 6.78. The van der Waals surface area contributed by atoms with Crippen molar-refractivity contribution in [2.24, 2.45) is 5.92 Å². The SMILES string of the molecule is CNC(CC1CCOCC1)c1ccc(Cl)c(F)c1. The fraction of sp³-hybridized carbons (Fsp3) is 0.571. The van der Waals surface area contributed by atoms with Crippen LogP contribution in [0.15, 0.2) is 18.2 Å². The molecule has 4 heteroatoms. The van der Waals surface area contributed by atoms with E-state index in [1.807, 2.05) is 13.1 Å². The Balaban J connectivity index is 2.04. The van der Waals surface area contributed by atoms with E-state index >= 15 is 0 Å². The molecule has 1 heterocycles. The van der Waals surface area contributed by atoms with E-state index < -0.39 is 0 Å². The second-order valence-corrected chi connectivity index (χ2v) is 5.21. The normalized spacial score (nSPS) is 18.8. The van der Waals surface area contributed by atoms with E-state index in [1.54, 1.807) is 6.07 Å². The molecule has 18 heavy (non-hydrogen) atoms. The molecule has 1 aromatic carbocycles. The van der Waals surface area contributed by atoms with Crippen molar-refractivity contribution in [2.45, 2.75) is 25.3 Å². The Morgan fingerprint density at radius 3 is 2.78 bits per heavy atom. The Bertz CT molecular complexity index is 393. The fourth-order valence-electron chi connectivity index (χ4n) is 2.47. The summed E-state index contributed by atoms with van der Waals surface area (Å²) in [4.78, 5) is 0. The number of ether oxygens (including phenoxy) is 1. The quantitative estimate of drug-likeness (QED) is 0.904. The highest BCUT2D eigenvalue weighted by molar-refractivity contribution is 6.30. The van der Waals surface area contributed by atoms with Crippen LogP contribution >= 0.6 is 11.6 Å². The highest BCUT2D eigenvalue weighted by Crippen LogP contribution is 2.28. The van der Waals surface area contributed by atoms with Crippen molar-refractivity contribution in [3.63, 3.8) is 0 Å². The average Bonchev–Trinajstić information content (AvgIpc) is 2.40. The van der Waals surface area contributed by atoms with Crippen LogP contribution in [0.25, 0.3) is 0 Å². The van der Waals surface area contributed by atoms with Gasteiger partial charge in [0.05, 0.1) is 5.02 Å². The van der Waals surface area contributed by atoms with Crippen molar-refractivity contribution >= 4 is 11.6 Å². The van der Waals surface area contributed by atoms with E-state index in [0.717, 1.165) is 38.0 Å². The molecule has 100 valence electrons. The molecule has 2 nitrogen and oxygen atoms in total. The van der Waals surface area contributed by atoms with Gasteiger partial charge in [-0.3, -0.25) is 0 Å². The topological polar surface area (TPSA) is 21.3 Å². The van der Waals surface area contributed by atoms with Gasteiger partial charge < -0.3 is 10.1 Å². The van der Waals surface area contributed by atoms with Crippen molar-refractivity contribution in [1.29, 1.82) is 0 Å². The van der Waals surface area contributed by atoms with Crippen molar-refractivity contribution < 1.29 is 9.13 Å². The molecule has 0 saturated carbocycles. The smallest absolute Gasteiger partial charge is 0.142 e. The monoisotopic (exact) mass is 271 g/mol. The summed E-state index contributed by atoms with van der Waals surface area (Å²) in [6.45, 7) is 1.69. The van der Waals surface area contributed by atoms with Crippen LogP contribution in [0, 0.1) is 11.7 Å². The lowest BCUT2D eigenvalue weighted by Crippen LogP contribution is -2.24. The van der Waals surface area contributed by atoms with Crippen LogP contribution in [0.3, 0.4) is 0 Å². The predicted octanol–water partition coefficient (Wildman–Crippen LogP) is 3.56. The second kappa shape index (κ2) is 6.50. The highest BCUT2D eigenvalue weighted by atomic mass is 35.5. The van der Waals surface area contributed by atoms with Crippen molar-refractivity contribution in [1.82, 2.24) is 5.32 Å². The molecule has 1 aliphatic heterocycles. The van der Waals surface area contributed by atoms with Gasteiger partial charge in [-0.25, -0.2) is 4.39 Å². The molecule has 2 rings (SSSR count). The first kappa shape index (κ1) is 13.8. The molecule has 0 amide bonds. The molecule has 0 radical (unpaired) electrons. The molecule has 0 spiro atoms. The van der Waals surface area contributed by atoms with Crippen LogP contribution in [-0.2, 0) is 4.74 Å². The van der Waals surface area contributed by atoms with Gasteiger partial charge in [-0.15, -0.1) is 0 Å². The van der Waals surface area contributed by atoms with Gasteiger partial charge >= 0.3 is 0 Å². The molecule has 1 aliphatic rings. The van der Waals surface area contributed by atoms with Crippen LogP contribution in [0.4, 0.5) is 4.39 Å². The summed E-state index contributed by atoms with van der Waals surface area (Å²) in [5.41, 5.74) is 0.964. The van der Waals surface area contributed by atoms with Gasteiger partial charge in [0.1, 0.15) is 5.82 Å². The predicted molar refractivity (Wildman–Crippen MR) is 71.4 cm³/mol. The van der Waals surface area contributed by atoms with Crippen molar-refractivity contribution in [3.05, 3.63) is 34.6 Å². The molecule has 0 aliphatic carbocycles. The number of halogens is 2. The number of rotatable bonds is 4. The van der Waals surface area contributed by atoms with Crippen LogP contribution < -0.4 is 5.32 Å². The van der Waals surface area contributed by atoms with E-state index in [2.05, 4.69) is 5.32 Å². The largest absolute Gasteiger partial charge is 0.381 e. The molecule has 1 saturated heterocycles. The molecule has 1 unspecified atom stereocenters. The van der Waals surface area contributed by atoms with Gasteiger partial charge in [-0.1, -0.05) is 17.7 Å². The van der Waals surface area contributed by atoms with Crippen LogP contribution in [0.1, 0.15) is 30.9 Å². The van der Waals surface area contributed by atoms with Gasteiger partial charge in [-0.2, -0.15) is 0 Å². The standard InChI is InChI=1S/C14H19ClFNO/c1-17-14(8-10-4-6-18-7-5-10)11-2-3-12(15)13(16)9-11/h2-3,9-10,14,17H,4-8H2,1H3. The Morgan fingerprint density at radius 2 is 2.17 bits per heavy atom. The summed E-state index contributed by atoms with van der Waals surface area (Å²) in [5, 5.41) is 3.44. The van der Waals surface area contributed by atoms with Gasteiger partial charge in [0.2, 0.25) is 0 Å². The third-order valence-electron chi connectivity index (χ3n) is 3.60. The first-order valence-electron chi connectivity index (χ1n) is 6.40. The molecular formula is C14H19ClFNO. The third-order valence-corrected chi connectivity index (χ3v) is 3.91. The molecule has 1 N–H and O–H groups in total. The van der Waals surface area contributed by atoms with Crippen LogP contribution in [0.2, 0.25) is 5.02 Å². The summed E-state index contributed by atoms with van der Waals surface area (Å²) in [7, 11) is 1.91. The fourth-order valence-corrected chi connectivity index (χ4v) is 2.58. The van der Waals surface area contributed by atoms with Crippen molar-refractivity contribution in [2.75, 3.05) is 20.3 Å². The maximum atomic E-state index is 13.5. The second-order valence-electron chi connectivity index (χ2n) is 4.81.